The Balaban J connectivity index is 1.87. The van der Waals surface area contributed by atoms with Gasteiger partial charge >= 0.3 is 0 Å². The fraction of sp³-hybridized carbons (Fsp3) is 0.419. The average Bonchev–Trinajstić information content (AvgIpc) is 2.92. The van der Waals surface area contributed by atoms with Crippen LogP contribution >= 0.6 is 0 Å². The summed E-state index contributed by atoms with van der Waals surface area (Å²) >= 11 is 0. The van der Waals surface area contributed by atoms with Gasteiger partial charge in [-0.2, -0.15) is 0 Å². The molecule has 35 heavy (non-hydrogen) atoms. The third kappa shape index (κ3) is 6.87. The molecule has 1 N–H and O–H groups in total. The van der Waals surface area contributed by atoms with Crippen LogP contribution in [0.2, 0.25) is 0 Å². The third-order valence-electron chi connectivity index (χ3n) is 6.51. The first-order valence-corrected chi connectivity index (χ1v) is 12.8. The lowest BCUT2D eigenvalue weighted by atomic mass is 9.79. The summed E-state index contributed by atoms with van der Waals surface area (Å²) in [5, 5.41) is 8.91. The second-order valence-corrected chi connectivity index (χ2v) is 8.85. The fourth-order valence-corrected chi connectivity index (χ4v) is 4.73. The first-order chi connectivity index (χ1) is 17.3. The number of unbranched alkanes of at least 4 members (excludes halogenated alkanes) is 7. The molecule has 0 aliphatic carbocycles. The van der Waals surface area contributed by atoms with Gasteiger partial charge in [-0.15, -0.1) is 0 Å². The van der Waals surface area contributed by atoms with E-state index in [1.54, 1.807) is 14.2 Å². The summed E-state index contributed by atoms with van der Waals surface area (Å²) in [7, 11) is 3.35. The molecule has 0 unspecified atom stereocenters. The van der Waals surface area contributed by atoms with Crippen molar-refractivity contribution in [3.63, 3.8) is 0 Å². The normalized spacial score (nSPS) is 11.4. The second-order valence-electron chi connectivity index (χ2n) is 8.85. The maximum atomic E-state index is 8.91. The van der Waals surface area contributed by atoms with Crippen LogP contribution in [-0.4, -0.2) is 32.5 Å². The molecular formula is C31H40O4. The highest BCUT2D eigenvalue weighted by molar-refractivity contribution is 5.57. The van der Waals surface area contributed by atoms with E-state index in [1.807, 2.05) is 24.3 Å². The largest absolute Gasteiger partial charge is 0.493 e. The van der Waals surface area contributed by atoms with Crippen LogP contribution in [0.5, 0.6) is 11.5 Å². The van der Waals surface area contributed by atoms with E-state index in [9.17, 15) is 0 Å². The van der Waals surface area contributed by atoms with Crippen molar-refractivity contribution in [1.29, 1.82) is 0 Å². The summed E-state index contributed by atoms with van der Waals surface area (Å²) in [6, 6.07) is 26.8. The highest BCUT2D eigenvalue weighted by atomic mass is 16.5. The Bertz CT molecular complexity index is 932. The van der Waals surface area contributed by atoms with Gasteiger partial charge in [0.2, 0.25) is 0 Å². The van der Waals surface area contributed by atoms with Crippen molar-refractivity contribution < 1.29 is 19.3 Å². The molecule has 0 saturated heterocycles. The standard InChI is InChI=1S/C31H40O4/c1-33-29-23-17-22-28(30(29)34-2)31(26-18-11-9-12-19-26,27-20-13-10-14-21-27)35-25-16-8-6-4-3-5-7-15-24-32/h9-14,17-23,32H,3-8,15-16,24-25H2,1-2H3. The number of ether oxygens (including phenoxy) is 3. The number of benzene rings is 3. The second kappa shape index (κ2) is 14.6. The van der Waals surface area contributed by atoms with Gasteiger partial charge in [0.15, 0.2) is 11.5 Å². The number of hydrogen-bond acceptors (Lipinski definition) is 4. The summed E-state index contributed by atoms with van der Waals surface area (Å²) in [5.74, 6) is 1.37. The molecule has 3 aromatic carbocycles. The Kier molecular flexibility index (Phi) is 11.1. The maximum absolute atomic E-state index is 8.91. The van der Waals surface area contributed by atoms with E-state index >= 15 is 0 Å². The zero-order valence-electron chi connectivity index (χ0n) is 21.2. The number of hydrogen-bond donors (Lipinski definition) is 1. The lowest BCUT2D eigenvalue weighted by Gasteiger charge is -2.37. The molecule has 0 aliphatic heterocycles. The molecule has 0 saturated carbocycles. The summed E-state index contributed by atoms with van der Waals surface area (Å²) in [4.78, 5) is 0. The molecule has 0 aromatic heterocycles. The predicted octanol–water partition coefficient (Wildman–Crippen LogP) is 7.13. The molecule has 0 spiro atoms. The van der Waals surface area contributed by atoms with Crippen LogP contribution in [0.25, 0.3) is 0 Å². The van der Waals surface area contributed by atoms with Crippen molar-refractivity contribution in [1.82, 2.24) is 0 Å². The lowest BCUT2D eigenvalue weighted by Crippen LogP contribution is -2.34. The van der Waals surface area contributed by atoms with E-state index in [0.29, 0.717) is 24.7 Å². The first kappa shape index (κ1) is 26.8. The zero-order valence-corrected chi connectivity index (χ0v) is 21.2. The molecule has 188 valence electrons. The molecule has 3 rings (SSSR count). The third-order valence-corrected chi connectivity index (χ3v) is 6.51. The van der Waals surface area contributed by atoms with Crippen molar-refractivity contribution in [3.05, 3.63) is 95.6 Å². The van der Waals surface area contributed by atoms with Gasteiger partial charge in [-0.3, -0.25) is 0 Å². The summed E-state index contributed by atoms with van der Waals surface area (Å²) in [6.07, 6.45) is 9.05. The molecule has 0 heterocycles. The van der Waals surface area contributed by atoms with Gasteiger partial charge in [0.1, 0.15) is 5.60 Å². The van der Waals surface area contributed by atoms with Crippen molar-refractivity contribution in [3.8, 4) is 11.5 Å². The van der Waals surface area contributed by atoms with Gasteiger partial charge < -0.3 is 19.3 Å². The number of aliphatic hydroxyl groups is 1. The van der Waals surface area contributed by atoms with Gasteiger partial charge in [0.25, 0.3) is 0 Å². The van der Waals surface area contributed by atoms with Crippen molar-refractivity contribution in [2.24, 2.45) is 0 Å². The minimum absolute atomic E-state index is 0.306. The molecule has 4 nitrogen and oxygen atoms in total. The van der Waals surface area contributed by atoms with Gasteiger partial charge in [0.05, 0.1) is 14.2 Å². The molecule has 0 bridgehead atoms. The molecule has 4 heteroatoms. The van der Waals surface area contributed by atoms with Crippen LogP contribution in [0.4, 0.5) is 0 Å². The van der Waals surface area contributed by atoms with Crippen LogP contribution in [0.1, 0.15) is 68.1 Å². The van der Waals surface area contributed by atoms with Crippen molar-refractivity contribution >= 4 is 0 Å². The van der Waals surface area contributed by atoms with E-state index in [4.69, 9.17) is 19.3 Å². The Labute approximate surface area is 210 Å². The van der Waals surface area contributed by atoms with Crippen LogP contribution < -0.4 is 9.47 Å². The summed E-state index contributed by atoms with van der Waals surface area (Å²) in [6.45, 7) is 0.939. The lowest BCUT2D eigenvalue weighted by molar-refractivity contribution is 0.00886. The van der Waals surface area contributed by atoms with E-state index in [2.05, 4.69) is 54.6 Å². The van der Waals surface area contributed by atoms with Crippen LogP contribution in [0.3, 0.4) is 0 Å². The molecule has 0 atom stereocenters. The van der Waals surface area contributed by atoms with Crippen molar-refractivity contribution in [2.45, 2.75) is 57.0 Å². The van der Waals surface area contributed by atoms with E-state index in [0.717, 1.165) is 42.4 Å². The van der Waals surface area contributed by atoms with Gasteiger partial charge in [-0.25, -0.2) is 0 Å². The van der Waals surface area contributed by atoms with Crippen molar-refractivity contribution in [2.75, 3.05) is 27.4 Å². The van der Waals surface area contributed by atoms with Gasteiger partial charge in [-0.05, 0) is 30.0 Å². The minimum Gasteiger partial charge on any atom is -0.493 e. The number of para-hydroxylation sites is 1. The topological polar surface area (TPSA) is 47.9 Å². The molecule has 3 aromatic rings. The molecular weight excluding hydrogens is 436 g/mol. The monoisotopic (exact) mass is 476 g/mol. The Morgan fingerprint density at radius 3 is 1.66 bits per heavy atom. The SMILES string of the molecule is COc1cccc(C(OCCCCCCCCCCO)(c2ccccc2)c2ccccc2)c1OC. The molecule has 0 fully saturated rings. The number of methoxy groups -OCH3 is 2. The Morgan fingerprint density at radius 2 is 1.14 bits per heavy atom. The summed E-state index contributed by atoms with van der Waals surface area (Å²) in [5.41, 5.74) is 2.22. The minimum atomic E-state index is -0.827. The van der Waals surface area contributed by atoms with E-state index < -0.39 is 5.60 Å². The van der Waals surface area contributed by atoms with Crippen LogP contribution in [0.15, 0.2) is 78.9 Å². The first-order valence-electron chi connectivity index (χ1n) is 12.8. The Hall–Kier alpha value is -2.82. The van der Waals surface area contributed by atoms with Crippen LogP contribution in [0, 0.1) is 0 Å². The highest BCUT2D eigenvalue weighted by Crippen LogP contribution is 2.47. The fourth-order valence-electron chi connectivity index (χ4n) is 4.73. The quantitative estimate of drug-likeness (QED) is 0.177. The predicted molar refractivity (Wildman–Crippen MR) is 142 cm³/mol. The Morgan fingerprint density at radius 1 is 0.600 bits per heavy atom. The highest BCUT2D eigenvalue weighted by Gasteiger charge is 2.40. The van der Waals surface area contributed by atoms with Gasteiger partial charge in [0, 0.05) is 18.8 Å². The number of rotatable bonds is 16. The molecule has 0 amide bonds. The summed E-state index contributed by atoms with van der Waals surface area (Å²) < 4.78 is 18.5. The smallest absolute Gasteiger partial charge is 0.167 e. The van der Waals surface area contributed by atoms with E-state index in [1.165, 1.54) is 25.7 Å². The molecule has 0 radical (unpaired) electrons. The van der Waals surface area contributed by atoms with Crippen LogP contribution in [-0.2, 0) is 10.3 Å². The average molecular weight is 477 g/mol. The zero-order chi connectivity index (χ0) is 24.8. The van der Waals surface area contributed by atoms with Gasteiger partial charge in [-0.1, -0.05) is 111 Å². The van der Waals surface area contributed by atoms with E-state index in [-0.39, 0.29) is 0 Å². The molecule has 0 aliphatic rings. The number of aliphatic hydroxyl groups excluding tert-OH is 1. The maximum Gasteiger partial charge on any atom is 0.167 e.